The Morgan fingerprint density at radius 2 is 0.494 bits per heavy atom. The van der Waals surface area contributed by atoms with Crippen LogP contribution < -0.4 is 0 Å². The lowest BCUT2D eigenvalue weighted by Crippen LogP contribution is -2.30. The fourth-order valence-corrected chi connectivity index (χ4v) is 8.27. The molecule has 0 aliphatic heterocycles. The van der Waals surface area contributed by atoms with Crippen LogP contribution in [0.25, 0.3) is 0 Å². The Bertz CT molecular complexity index is 1780. The van der Waals surface area contributed by atoms with Gasteiger partial charge in [0.05, 0.1) is 0 Å². The van der Waals surface area contributed by atoms with Crippen molar-refractivity contribution in [3.05, 3.63) is 158 Å². The largest absolute Gasteiger partial charge is 0.462 e. The van der Waals surface area contributed by atoms with Crippen molar-refractivity contribution >= 4 is 17.9 Å². The average molecular weight is 1090 g/mol. The third-order valence-electron chi connectivity index (χ3n) is 13.0. The predicted octanol–water partition coefficient (Wildman–Crippen LogP) is 22.1. The van der Waals surface area contributed by atoms with Gasteiger partial charge in [-0.05, 0) is 148 Å². The van der Waals surface area contributed by atoms with E-state index in [2.05, 4.69) is 179 Å². The van der Waals surface area contributed by atoms with Crippen LogP contribution in [0.1, 0.15) is 265 Å². The van der Waals surface area contributed by atoms with Crippen LogP contribution in [0.3, 0.4) is 0 Å². The van der Waals surface area contributed by atoms with E-state index in [1.165, 1.54) is 38.5 Å². The highest BCUT2D eigenvalue weighted by Crippen LogP contribution is 2.14. The molecule has 0 fully saturated rings. The summed E-state index contributed by atoms with van der Waals surface area (Å²) in [5.41, 5.74) is 0. The Hall–Kier alpha value is -4.97. The van der Waals surface area contributed by atoms with Crippen LogP contribution in [-0.2, 0) is 28.6 Å². The molecule has 0 aliphatic carbocycles. The minimum atomic E-state index is -0.813. The maximum atomic E-state index is 12.9. The van der Waals surface area contributed by atoms with Gasteiger partial charge < -0.3 is 14.2 Å². The maximum absolute atomic E-state index is 12.9. The highest BCUT2D eigenvalue weighted by atomic mass is 16.6. The topological polar surface area (TPSA) is 78.9 Å². The number of esters is 3. The molecule has 0 N–H and O–H groups in total. The van der Waals surface area contributed by atoms with E-state index in [4.69, 9.17) is 14.2 Å². The van der Waals surface area contributed by atoms with E-state index in [1.54, 1.807) is 0 Å². The molecule has 0 radical (unpaired) electrons. The minimum absolute atomic E-state index is 0.106. The SMILES string of the molecule is CC/C=C\C/C=C\C/C=C\C/C=C\C/C=C\CCCCCCCC(=O)OCC(COC(=O)CCCCCCCC/C=C\C/C=C\C/C=C\CCCCC)OC(=O)CCCCCCC/C=C\C/C=C\C/C=C\C/C=C\C/C=C\CC. The lowest BCUT2D eigenvalue weighted by molar-refractivity contribution is -0.167. The number of unbranched alkanes of at least 4 members (excludes halogenated alkanes) is 19. The number of rotatable bonds is 56. The van der Waals surface area contributed by atoms with Crippen molar-refractivity contribution in [2.75, 3.05) is 13.2 Å². The Labute approximate surface area is 486 Å². The standard InChI is InChI=1S/C73H116O6/c1-4-7-10-13-16-19-22-25-28-31-34-36-39-42-45-48-51-54-57-60-63-66-72(75)78-69-70(68-77-71(74)65-62-59-56-53-50-47-44-41-38-33-30-27-24-21-18-15-12-9-6-3)79-73(76)67-64-61-58-55-52-49-46-43-40-37-35-32-29-26-23-20-17-14-11-8-5-2/h7-8,10-11,16-21,25-30,34-38,41-43,45-46,70H,4-6,9,12-15,22-24,31-33,39-40,44,47-69H2,1-3H3/b10-7-,11-8-,19-16-,20-17-,21-18-,28-25-,29-26-,30-27-,36-34-,37-35-,41-38-,45-42-,46-43-. The van der Waals surface area contributed by atoms with Gasteiger partial charge in [0, 0.05) is 19.3 Å². The van der Waals surface area contributed by atoms with E-state index in [0.717, 1.165) is 186 Å². The van der Waals surface area contributed by atoms with Crippen LogP contribution in [0.15, 0.2) is 158 Å². The Morgan fingerprint density at radius 3 is 0.772 bits per heavy atom. The van der Waals surface area contributed by atoms with Gasteiger partial charge in [0.25, 0.3) is 0 Å². The summed E-state index contributed by atoms with van der Waals surface area (Å²) >= 11 is 0. The smallest absolute Gasteiger partial charge is 0.306 e. The third kappa shape index (κ3) is 63.7. The van der Waals surface area contributed by atoms with Gasteiger partial charge in [-0.1, -0.05) is 256 Å². The van der Waals surface area contributed by atoms with Crippen LogP contribution in [0, 0.1) is 0 Å². The molecule has 0 bridgehead atoms. The van der Waals surface area contributed by atoms with E-state index < -0.39 is 6.10 Å². The van der Waals surface area contributed by atoms with Gasteiger partial charge in [0.15, 0.2) is 6.10 Å². The molecule has 1 unspecified atom stereocenters. The van der Waals surface area contributed by atoms with Gasteiger partial charge in [0.1, 0.15) is 13.2 Å². The second kappa shape index (κ2) is 65.5. The van der Waals surface area contributed by atoms with Gasteiger partial charge in [-0.2, -0.15) is 0 Å². The van der Waals surface area contributed by atoms with Crippen molar-refractivity contribution in [3.63, 3.8) is 0 Å². The molecule has 0 aromatic carbocycles. The fourth-order valence-electron chi connectivity index (χ4n) is 8.27. The quantitative estimate of drug-likeness (QED) is 0.0261. The molecule has 0 saturated heterocycles. The average Bonchev–Trinajstić information content (AvgIpc) is 3.45. The number of carbonyl (C=O) groups is 3. The lowest BCUT2D eigenvalue weighted by Gasteiger charge is -2.18. The third-order valence-corrected chi connectivity index (χ3v) is 13.0. The number of ether oxygens (including phenoxy) is 3. The van der Waals surface area contributed by atoms with Crippen molar-refractivity contribution in [2.24, 2.45) is 0 Å². The minimum Gasteiger partial charge on any atom is -0.462 e. The number of hydrogen-bond donors (Lipinski definition) is 0. The van der Waals surface area contributed by atoms with Crippen molar-refractivity contribution < 1.29 is 28.6 Å². The first kappa shape index (κ1) is 74.0. The first-order chi connectivity index (χ1) is 39.0. The van der Waals surface area contributed by atoms with Gasteiger partial charge >= 0.3 is 17.9 Å². The molecule has 79 heavy (non-hydrogen) atoms. The molecule has 1 atom stereocenters. The van der Waals surface area contributed by atoms with Gasteiger partial charge in [-0.25, -0.2) is 0 Å². The Balaban J connectivity index is 4.53. The summed E-state index contributed by atoms with van der Waals surface area (Å²) in [7, 11) is 0. The lowest BCUT2D eigenvalue weighted by atomic mass is 10.1. The van der Waals surface area contributed by atoms with E-state index >= 15 is 0 Å². The Kier molecular flexibility index (Phi) is 61.4. The molecule has 0 rings (SSSR count). The highest BCUT2D eigenvalue weighted by Gasteiger charge is 2.19. The van der Waals surface area contributed by atoms with Crippen molar-refractivity contribution in [3.8, 4) is 0 Å². The van der Waals surface area contributed by atoms with Crippen molar-refractivity contribution in [1.29, 1.82) is 0 Å². The molecule has 444 valence electrons. The monoisotopic (exact) mass is 1090 g/mol. The highest BCUT2D eigenvalue weighted by molar-refractivity contribution is 5.71. The zero-order valence-electron chi connectivity index (χ0n) is 50.8. The molecule has 0 amide bonds. The molecule has 0 aromatic rings. The van der Waals surface area contributed by atoms with Crippen LogP contribution >= 0.6 is 0 Å². The molecule has 0 aromatic heterocycles. The van der Waals surface area contributed by atoms with Crippen molar-refractivity contribution in [2.45, 2.75) is 271 Å². The molecule has 0 heterocycles. The predicted molar refractivity (Wildman–Crippen MR) is 343 cm³/mol. The van der Waals surface area contributed by atoms with Crippen molar-refractivity contribution in [1.82, 2.24) is 0 Å². The van der Waals surface area contributed by atoms with Crippen LogP contribution in [0.2, 0.25) is 0 Å². The zero-order valence-corrected chi connectivity index (χ0v) is 50.8. The van der Waals surface area contributed by atoms with E-state index in [-0.39, 0.29) is 31.1 Å². The molecule has 0 aliphatic rings. The normalized spacial score (nSPS) is 13.2. The van der Waals surface area contributed by atoms with Gasteiger partial charge in [-0.3, -0.25) is 14.4 Å². The number of carbonyl (C=O) groups excluding carboxylic acids is 3. The van der Waals surface area contributed by atoms with Crippen LogP contribution in [-0.4, -0.2) is 37.2 Å². The van der Waals surface area contributed by atoms with E-state index in [9.17, 15) is 14.4 Å². The van der Waals surface area contributed by atoms with Crippen LogP contribution in [0.5, 0.6) is 0 Å². The molecule has 0 saturated carbocycles. The summed E-state index contributed by atoms with van der Waals surface area (Å²) in [6, 6.07) is 0. The van der Waals surface area contributed by atoms with E-state index in [1.807, 2.05) is 0 Å². The molecular weight excluding hydrogens is 973 g/mol. The maximum Gasteiger partial charge on any atom is 0.306 e. The zero-order chi connectivity index (χ0) is 57.1. The summed E-state index contributed by atoms with van der Waals surface area (Å²) in [4.78, 5) is 38.4. The fraction of sp³-hybridized carbons (Fsp3) is 0.603. The summed E-state index contributed by atoms with van der Waals surface area (Å²) < 4.78 is 16.9. The first-order valence-electron chi connectivity index (χ1n) is 32.0. The second-order valence-electron chi connectivity index (χ2n) is 20.5. The number of allylic oxidation sites excluding steroid dienone is 26. The Morgan fingerprint density at radius 1 is 0.266 bits per heavy atom. The summed E-state index contributed by atoms with van der Waals surface area (Å²) in [6.45, 7) is 6.34. The van der Waals surface area contributed by atoms with Gasteiger partial charge in [-0.15, -0.1) is 0 Å². The van der Waals surface area contributed by atoms with E-state index in [0.29, 0.717) is 19.3 Å². The molecule has 6 nitrogen and oxygen atoms in total. The second-order valence-corrected chi connectivity index (χ2v) is 20.5. The summed E-state index contributed by atoms with van der Waals surface area (Å²) in [5, 5.41) is 0. The molecular formula is C73H116O6. The first-order valence-corrected chi connectivity index (χ1v) is 32.0. The van der Waals surface area contributed by atoms with Gasteiger partial charge in [0.2, 0.25) is 0 Å². The summed E-state index contributed by atoms with van der Waals surface area (Å²) in [5.74, 6) is -0.958. The summed E-state index contributed by atoms with van der Waals surface area (Å²) in [6.07, 6.45) is 95.2. The molecule has 0 spiro atoms. The van der Waals surface area contributed by atoms with Crippen LogP contribution in [0.4, 0.5) is 0 Å². The molecule has 6 heteroatoms. The number of hydrogen-bond acceptors (Lipinski definition) is 6.